The fourth-order valence-electron chi connectivity index (χ4n) is 5.50. The molecule has 4 atom stereocenters. The number of benzene rings is 1. The van der Waals surface area contributed by atoms with Gasteiger partial charge in [-0.25, -0.2) is 0 Å². The highest BCUT2D eigenvalue weighted by atomic mass is 28.4. The monoisotopic (exact) mass is 460 g/mol. The number of aliphatic hydroxyl groups excluding tert-OH is 1. The minimum atomic E-state index is -2.69. The van der Waals surface area contributed by atoms with Crippen LogP contribution >= 0.6 is 0 Å². The van der Waals surface area contributed by atoms with Crippen molar-refractivity contribution in [2.75, 3.05) is 25.7 Å². The first kappa shape index (κ1) is 22.9. The first-order valence-corrected chi connectivity index (χ1v) is 14.0. The molecule has 1 aromatic carbocycles. The lowest BCUT2D eigenvalue weighted by atomic mass is 9.82. The Balaban J connectivity index is 1.68. The van der Waals surface area contributed by atoms with E-state index in [1.165, 1.54) is 0 Å². The van der Waals surface area contributed by atoms with E-state index in [0.29, 0.717) is 25.1 Å². The Kier molecular flexibility index (Phi) is 5.91. The van der Waals surface area contributed by atoms with E-state index >= 15 is 0 Å². The van der Waals surface area contributed by atoms with Gasteiger partial charge in [0.1, 0.15) is 5.75 Å². The second-order valence-corrected chi connectivity index (χ2v) is 13.3. The number of carbonyl (C=O) groups is 1. The number of hydrogen-bond acceptors (Lipinski definition) is 7. The Hall–Kier alpha value is -2.27. The average molecular weight is 461 g/mol. The lowest BCUT2D eigenvalue weighted by Crippen LogP contribution is -2.45. The highest BCUT2D eigenvalue weighted by Gasteiger charge is 2.65. The molecule has 0 radical (unpaired) electrons. The highest BCUT2D eigenvalue weighted by molar-refractivity contribution is 6.71. The quantitative estimate of drug-likeness (QED) is 0.605. The van der Waals surface area contributed by atoms with Gasteiger partial charge in [0.15, 0.2) is 13.9 Å². The summed E-state index contributed by atoms with van der Waals surface area (Å²) in [4.78, 5) is 26.5. The number of aryl methyl sites for hydroxylation is 1. The van der Waals surface area contributed by atoms with Gasteiger partial charge in [-0.05, 0) is 37.7 Å². The summed E-state index contributed by atoms with van der Waals surface area (Å²) in [5.74, 6) is 0.356. The van der Waals surface area contributed by atoms with Gasteiger partial charge in [-0.3, -0.25) is 9.48 Å². The maximum atomic E-state index is 13.6. The zero-order valence-corrected chi connectivity index (χ0v) is 20.3. The van der Waals surface area contributed by atoms with Crippen molar-refractivity contribution in [1.82, 2.24) is 15.0 Å². The Morgan fingerprint density at radius 3 is 2.75 bits per heavy atom. The molecule has 0 bridgehead atoms. The minimum Gasteiger partial charge on any atom is -0.497 e. The summed E-state index contributed by atoms with van der Waals surface area (Å²) in [6.07, 6.45) is 2.55. The predicted molar refractivity (Wildman–Crippen MR) is 121 cm³/mol. The van der Waals surface area contributed by atoms with Crippen molar-refractivity contribution in [3.05, 3.63) is 35.7 Å². The van der Waals surface area contributed by atoms with Gasteiger partial charge >= 0.3 is 0 Å². The number of aromatic nitrogens is 3. The van der Waals surface area contributed by atoms with Crippen molar-refractivity contribution >= 4 is 19.9 Å². The summed E-state index contributed by atoms with van der Waals surface area (Å²) in [6, 6.07) is 5.62. The molecule has 9 nitrogen and oxygen atoms in total. The number of amides is 1. The van der Waals surface area contributed by atoms with E-state index in [4.69, 9.17) is 14.6 Å². The van der Waals surface area contributed by atoms with Crippen molar-refractivity contribution in [2.24, 2.45) is 5.92 Å². The maximum Gasteiger partial charge on any atom is 0.264 e. The van der Waals surface area contributed by atoms with Crippen LogP contribution in [-0.4, -0.2) is 66.0 Å². The molecule has 10 heteroatoms. The molecule has 1 spiro atoms. The number of nitrogens with zero attached hydrogens (tertiary/aromatic N) is 4. The Labute approximate surface area is 189 Å². The van der Waals surface area contributed by atoms with Crippen LogP contribution in [0.15, 0.2) is 24.4 Å². The number of aliphatic hydroxyl groups is 1. The van der Waals surface area contributed by atoms with Crippen LogP contribution in [0.3, 0.4) is 0 Å². The zero-order chi connectivity index (χ0) is 23.3. The molecule has 1 aromatic heterocycles. The van der Waals surface area contributed by atoms with Crippen molar-refractivity contribution in [3.8, 4) is 5.75 Å². The van der Waals surface area contributed by atoms with Crippen LogP contribution in [0, 0.1) is 5.92 Å². The molecule has 3 heterocycles. The van der Waals surface area contributed by atoms with Crippen LogP contribution in [0.2, 0.25) is 18.6 Å². The van der Waals surface area contributed by atoms with E-state index in [1.54, 1.807) is 23.7 Å². The molecular formula is C22H32N4O5Si. The average Bonchev–Trinajstić information content (AvgIpc) is 3.38. The van der Waals surface area contributed by atoms with E-state index in [1.807, 2.05) is 44.4 Å². The van der Waals surface area contributed by atoms with Crippen molar-refractivity contribution in [1.29, 1.82) is 0 Å². The third-order valence-electron chi connectivity index (χ3n) is 6.92. The molecule has 2 N–H and O–H groups in total. The van der Waals surface area contributed by atoms with Crippen LogP contribution in [0.1, 0.15) is 24.6 Å². The van der Waals surface area contributed by atoms with Crippen LogP contribution in [0.25, 0.3) is 0 Å². The zero-order valence-electron chi connectivity index (χ0n) is 19.3. The lowest BCUT2D eigenvalue weighted by molar-refractivity contribution is -0.145. The molecule has 1 amide bonds. The standard InChI is InChI=1S/C22H32N4O5Si/c1-14-20(32(4,5)29)19(8-10-26-13-15(9-11-27)23-24-26)31-22(14)17-12-16(30-3)6-7-18(17)25(2)21(22)28/h6-7,12-14,19-20,27,29H,8-11H2,1-5H3/t14-,19+,20-,22+/m0/s1. The number of methoxy groups -OCH3 is 1. The summed E-state index contributed by atoms with van der Waals surface area (Å²) in [5.41, 5.74) is 1.05. The molecule has 1 fully saturated rings. The fraction of sp³-hybridized carbons (Fsp3) is 0.591. The van der Waals surface area contributed by atoms with Gasteiger partial charge in [-0.15, -0.1) is 5.10 Å². The number of carbonyl (C=O) groups excluding carboxylic acids is 1. The fourth-order valence-corrected chi connectivity index (χ4v) is 8.10. The second-order valence-electron chi connectivity index (χ2n) is 9.34. The SMILES string of the molecule is COc1ccc2c(c1)[C@@]1(O[C@H](CCn3cc(CCO)nn3)[C@@H]([Si](C)(C)O)[C@@H]1C)C(=O)N2C. The third kappa shape index (κ3) is 3.55. The second kappa shape index (κ2) is 8.25. The number of fused-ring (bicyclic) bond motifs is 2. The Morgan fingerprint density at radius 1 is 1.34 bits per heavy atom. The number of anilines is 1. The molecule has 2 aromatic rings. The molecule has 0 aliphatic carbocycles. The molecule has 1 saturated heterocycles. The van der Waals surface area contributed by atoms with Gasteiger partial charge in [0.05, 0.1) is 24.6 Å². The van der Waals surface area contributed by atoms with Crippen LogP contribution < -0.4 is 9.64 Å². The van der Waals surface area contributed by atoms with E-state index in [2.05, 4.69) is 10.3 Å². The first-order chi connectivity index (χ1) is 15.1. The first-order valence-electron chi connectivity index (χ1n) is 11.0. The molecule has 4 rings (SSSR count). The van der Waals surface area contributed by atoms with Crippen molar-refractivity contribution in [3.63, 3.8) is 0 Å². The van der Waals surface area contributed by atoms with Crippen molar-refractivity contribution in [2.45, 2.75) is 56.7 Å². The van der Waals surface area contributed by atoms with Gasteiger partial charge in [-0.1, -0.05) is 12.1 Å². The van der Waals surface area contributed by atoms with Gasteiger partial charge in [0, 0.05) is 49.8 Å². The Bertz CT molecular complexity index is 1010. The third-order valence-corrected chi connectivity index (χ3v) is 9.42. The number of ether oxygens (including phenoxy) is 2. The number of rotatable bonds is 7. The molecule has 2 aliphatic heterocycles. The lowest BCUT2D eigenvalue weighted by Gasteiger charge is -2.32. The molecular weight excluding hydrogens is 428 g/mol. The number of hydrogen-bond donors (Lipinski definition) is 2. The summed E-state index contributed by atoms with van der Waals surface area (Å²) in [7, 11) is 0.678. The van der Waals surface area contributed by atoms with Gasteiger partial charge in [0.2, 0.25) is 0 Å². The molecule has 32 heavy (non-hydrogen) atoms. The normalized spacial score (nSPS) is 27.4. The highest BCUT2D eigenvalue weighted by Crippen LogP contribution is 2.59. The van der Waals surface area contributed by atoms with Gasteiger partial charge in [0.25, 0.3) is 5.91 Å². The Morgan fingerprint density at radius 2 is 2.09 bits per heavy atom. The summed E-state index contributed by atoms with van der Waals surface area (Å²) in [6.45, 7) is 6.41. The van der Waals surface area contributed by atoms with E-state index < -0.39 is 13.9 Å². The van der Waals surface area contributed by atoms with Crippen LogP contribution in [0.5, 0.6) is 5.75 Å². The maximum absolute atomic E-state index is 13.6. The van der Waals surface area contributed by atoms with E-state index in [-0.39, 0.29) is 30.1 Å². The largest absolute Gasteiger partial charge is 0.497 e. The van der Waals surface area contributed by atoms with E-state index in [9.17, 15) is 9.59 Å². The molecule has 2 aliphatic rings. The minimum absolute atomic E-state index is 0.0232. The smallest absolute Gasteiger partial charge is 0.264 e. The predicted octanol–water partition coefficient (Wildman–Crippen LogP) is 1.69. The summed E-state index contributed by atoms with van der Waals surface area (Å²) < 4.78 is 13.8. The number of likely N-dealkylation sites (N-methyl/N-ethyl adjacent to an activating group) is 1. The molecule has 174 valence electrons. The van der Waals surface area contributed by atoms with Gasteiger partial charge < -0.3 is 24.3 Å². The topological polar surface area (TPSA) is 110 Å². The summed E-state index contributed by atoms with van der Waals surface area (Å²) >= 11 is 0. The summed E-state index contributed by atoms with van der Waals surface area (Å²) in [5, 5.41) is 17.3. The van der Waals surface area contributed by atoms with Gasteiger partial charge in [-0.2, -0.15) is 0 Å². The van der Waals surface area contributed by atoms with Crippen LogP contribution in [0.4, 0.5) is 5.69 Å². The van der Waals surface area contributed by atoms with E-state index in [0.717, 1.165) is 16.9 Å². The van der Waals surface area contributed by atoms with Crippen LogP contribution in [-0.2, 0) is 28.1 Å². The van der Waals surface area contributed by atoms with Crippen molar-refractivity contribution < 1.29 is 24.2 Å². The molecule has 0 saturated carbocycles. The molecule has 0 unspecified atom stereocenters.